The van der Waals surface area contributed by atoms with Gasteiger partial charge in [0.1, 0.15) is 23.7 Å². The van der Waals surface area contributed by atoms with Crippen LogP contribution in [0.1, 0.15) is 139 Å². The Morgan fingerprint density at radius 2 is 0.907 bits per heavy atom. The molecule has 0 aliphatic carbocycles. The van der Waals surface area contributed by atoms with Crippen LogP contribution in [0.5, 0.6) is 0 Å². The van der Waals surface area contributed by atoms with Crippen LogP contribution in [-0.2, 0) is 42.8 Å². The summed E-state index contributed by atoms with van der Waals surface area (Å²) >= 11 is 0. The highest BCUT2D eigenvalue weighted by atomic mass is 19.1. The predicted molar refractivity (Wildman–Crippen MR) is 327 cm³/mol. The van der Waals surface area contributed by atoms with Gasteiger partial charge in [-0.1, -0.05) is 64.8 Å². The third-order valence-corrected chi connectivity index (χ3v) is 17.9. The minimum Gasteiger partial charge on any atom is -0.343 e. The Hall–Kier alpha value is -7.46. The van der Waals surface area contributed by atoms with Gasteiger partial charge in [0.25, 0.3) is 11.1 Å². The Morgan fingerprint density at radius 3 is 1.24 bits per heavy atom. The molecule has 0 spiro atoms. The summed E-state index contributed by atoms with van der Waals surface area (Å²) in [6, 6.07) is 12.3. The van der Waals surface area contributed by atoms with Crippen LogP contribution in [0, 0.1) is 23.5 Å². The normalized spacial score (nSPS) is 17.9. The summed E-state index contributed by atoms with van der Waals surface area (Å²) in [5.74, 6) is -1.82. The van der Waals surface area contributed by atoms with Crippen LogP contribution in [0.2, 0.25) is 0 Å². The number of piperidine rings is 2. The minimum absolute atomic E-state index is 0.0508. The van der Waals surface area contributed by atoms with Crippen LogP contribution in [0.25, 0.3) is 0 Å². The number of aromatic amines is 2. The molecule has 2 aromatic carbocycles. The lowest BCUT2D eigenvalue weighted by Crippen LogP contribution is -2.54. The maximum atomic E-state index is 14.6. The highest BCUT2D eigenvalue weighted by molar-refractivity contribution is 6.02. The molecule has 0 saturated carbocycles. The number of hydrogen-bond donors (Lipinski definition) is 8. The van der Waals surface area contributed by atoms with Crippen LogP contribution >= 0.6 is 0 Å². The zero-order chi connectivity index (χ0) is 62.0. The van der Waals surface area contributed by atoms with E-state index in [-0.39, 0.29) is 83.1 Å². The zero-order valence-electron chi connectivity index (χ0n) is 51.2. The number of carbonyl (C=O) groups is 6. The largest absolute Gasteiger partial charge is 0.343 e. The molecule has 4 aliphatic heterocycles. The fourth-order valence-corrected chi connectivity index (χ4v) is 12.3. The highest BCUT2D eigenvalue weighted by Gasteiger charge is 2.45. The van der Waals surface area contributed by atoms with E-state index in [0.29, 0.717) is 125 Å². The Bertz CT molecular complexity index is 2980. The van der Waals surface area contributed by atoms with E-state index >= 15 is 0 Å². The quantitative estimate of drug-likeness (QED) is 0.0412. The van der Waals surface area contributed by atoms with Crippen molar-refractivity contribution in [1.82, 2.24) is 51.7 Å². The molecule has 4 atom stereocenters. The van der Waals surface area contributed by atoms with Crippen LogP contribution in [0.3, 0.4) is 0 Å². The lowest BCUT2D eigenvalue weighted by molar-refractivity contribution is -0.129. The van der Waals surface area contributed by atoms with E-state index in [9.17, 15) is 47.1 Å². The van der Waals surface area contributed by atoms with Crippen LogP contribution in [0.4, 0.5) is 29.7 Å². The van der Waals surface area contributed by atoms with Gasteiger partial charge in [-0.15, -0.1) is 0 Å². The molecule has 8 amide bonds. The number of unbranched alkanes of at least 4 members (excludes halogenated alkanes) is 3. The van der Waals surface area contributed by atoms with E-state index in [4.69, 9.17) is 0 Å². The molecular formula is C64H88F2N12O8. The average Bonchev–Trinajstić information content (AvgIpc) is 3.22. The number of carbonyl (C=O) groups excluding carboxylic acids is 6. The predicted octanol–water partition coefficient (Wildman–Crippen LogP) is 5.84. The Labute approximate surface area is 502 Å². The smallest absolute Gasteiger partial charge is 0.317 e. The molecule has 20 nitrogen and oxygen atoms in total. The van der Waals surface area contributed by atoms with E-state index in [2.05, 4.69) is 41.9 Å². The number of benzene rings is 2. The molecule has 2 aromatic heterocycles. The Balaban J connectivity index is 0.750. The van der Waals surface area contributed by atoms with Crippen molar-refractivity contribution in [2.45, 2.75) is 154 Å². The van der Waals surface area contributed by atoms with Gasteiger partial charge in [0.2, 0.25) is 23.6 Å². The third-order valence-electron chi connectivity index (χ3n) is 17.9. The lowest BCUT2D eigenvalue weighted by atomic mass is 9.89. The van der Waals surface area contributed by atoms with Crippen molar-refractivity contribution < 1.29 is 37.5 Å². The third kappa shape index (κ3) is 15.9. The number of likely N-dealkylation sites (tertiary alicyclic amines) is 2. The first-order valence-electron chi connectivity index (χ1n) is 30.6. The summed E-state index contributed by atoms with van der Waals surface area (Å²) in [7, 11) is 3.36. The Kier molecular flexibility index (Phi) is 21.3. The van der Waals surface area contributed by atoms with Gasteiger partial charge in [-0.05, 0) is 139 Å². The number of likely N-dealkylation sites (N-methyl/N-ethyl adjacent to an activating group) is 2. The summed E-state index contributed by atoms with van der Waals surface area (Å²) in [4.78, 5) is 122. The molecule has 0 radical (unpaired) electrons. The van der Waals surface area contributed by atoms with Crippen molar-refractivity contribution in [3.8, 4) is 0 Å². The Morgan fingerprint density at radius 1 is 0.558 bits per heavy atom. The number of nitrogens with one attached hydrogen (secondary N) is 8. The molecule has 4 aliphatic rings. The molecule has 0 unspecified atom stereocenters. The number of nitrogens with zero attached hydrogens (tertiary/aromatic N) is 4. The van der Waals surface area contributed by atoms with E-state index < -0.39 is 35.0 Å². The number of anilines is 2. The summed E-state index contributed by atoms with van der Waals surface area (Å²) in [6.45, 7) is 14.9. The second kappa shape index (κ2) is 28.4. The summed E-state index contributed by atoms with van der Waals surface area (Å²) in [6.07, 6.45) is 7.11. The molecule has 2 fully saturated rings. The zero-order valence-corrected chi connectivity index (χ0v) is 51.2. The van der Waals surface area contributed by atoms with Crippen LogP contribution in [-0.4, -0.2) is 146 Å². The number of amides is 8. The molecule has 0 bridgehead atoms. The van der Waals surface area contributed by atoms with Gasteiger partial charge in [0, 0.05) is 98.5 Å². The lowest BCUT2D eigenvalue weighted by Gasteiger charge is -2.35. The fraction of sp³-hybridized carbons (Fsp3) is 0.562. The molecule has 8 N–H and O–H groups in total. The molecule has 4 aromatic rings. The SMILES string of the molecule is CN[C@@H](C)C(=O)N[C@@H](CC1CCN(C(=O)NCCCCCCNC(=O)N2CCC(C[C@H](NC(=O)[C@H](C)NC)C(=O)N3CC(C)(C)c4[nH]c(=O)c(Cc5ccc(F)cc5)cc43)CC2)CC1)C(=O)N1CC(C)(C)c2[nH]c(=O)c(Cc3ccc(F)cc3)cc21. The van der Waals surface area contributed by atoms with Gasteiger partial charge >= 0.3 is 12.1 Å². The first kappa shape index (κ1) is 64.5. The van der Waals surface area contributed by atoms with Gasteiger partial charge in [0.15, 0.2) is 0 Å². The molecule has 2 saturated heterocycles. The second-order valence-corrected chi connectivity index (χ2v) is 25.3. The van der Waals surface area contributed by atoms with Gasteiger partial charge < -0.3 is 61.5 Å². The summed E-state index contributed by atoms with van der Waals surface area (Å²) in [5, 5.41) is 18.0. The number of rotatable bonds is 23. The van der Waals surface area contributed by atoms with Crippen LogP contribution < -0.4 is 52.8 Å². The number of aromatic nitrogens is 2. The van der Waals surface area contributed by atoms with Crippen molar-refractivity contribution in [2.24, 2.45) is 11.8 Å². The summed E-state index contributed by atoms with van der Waals surface area (Å²) < 4.78 is 27.3. The van der Waals surface area contributed by atoms with Crippen molar-refractivity contribution in [2.75, 3.05) is 76.3 Å². The van der Waals surface area contributed by atoms with Crippen LogP contribution in [0.15, 0.2) is 70.3 Å². The molecule has 86 heavy (non-hydrogen) atoms. The standard InChI is InChI=1S/C64H88F2N12O8/c1-39(67-7)55(79)71-49(59(83)77-37-63(3,4)53-51(77)35-45(57(81)73-53)31-41-13-17-47(65)18-14-41)33-43-21-27-75(28-22-43)61(85)69-25-11-9-10-12-26-70-62(86)76-29-23-44(24-30-76)34-50(72-56(80)40(2)68-8)60(84)78-38-64(5,6)54-52(78)36-46(58(82)74-54)32-42-15-19-48(66)20-16-42/h13-20,35-36,39-40,43-44,49-50,67-68H,9-12,21-34,37-38H2,1-8H3,(H,69,85)(H,70,86)(H,71,79)(H,72,80)(H,73,81)(H,74,82)/t39-,40-,49-,50-/m0/s1. The molecule has 6 heterocycles. The van der Waals surface area contributed by atoms with E-state index in [1.54, 1.807) is 83.9 Å². The molecule has 8 rings (SSSR count). The molecule has 22 heteroatoms. The molecular weight excluding hydrogens is 1100 g/mol. The second-order valence-electron chi connectivity index (χ2n) is 25.3. The topological polar surface area (TPSA) is 253 Å². The van der Waals surface area contributed by atoms with Crippen molar-refractivity contribution in [1.29, 1.82) is 0 Å². The fourth-order valence-electron chi connectivity index (χ4n) is 12.3. The number of fused-ring (bicyclic) bond motifs is 2. The monoisotopic (exact) mass is 1190 g/mol. The number of pyridine rings is 2. The maximum absolute atomic E-state index is 14.6. The van der Waals surface area contributed by atoms with E-state index in [0.717, 1.165) is 36.8 Å². The van der Waals surface area contributed by atoms with Gasteiger partial charge in [-0.2, -0.15) is 0 Å². The molecule has 466 valence electrons. The first-order valence-corrected chi connectivity index (χ1v) is 30.6. The maximum Gasteiger partial charge on any atom is 0.317 e. The number of H-pyrrole nitrogens is 2. The van der Waals surface area contributed by atoms with Crippen molar-refractivity contribution in [3.63, 3.8) is 0 Å². The van der Waals surface area contributed by atoms with Gasteiger partial charge in [-0.25, -0.2) is 18.4 Å². The first-order chi connectivity index (χ1) is 40.9. The van der Waals surface area contributed by atoms with Gasteiger partial charge in [0.05, 0.1) is 23.5 Å². The highest BCUT2D eigenvalue weighted by Crippen LogP contribution is 2.41. The van der Waals surface area contributed by atoms with E-state index in [1.807, 2.05) is 27.7 Å². The van der Waals surface area contributed by atoms with Gasteiger partial charge in [-0.3, -0.25) is 28.8 Å². The average molecular weight is 1190 g/mol. The number of urea groups is 2. The summed E-state index contributed by atoms with van der Waals surface area (Å²) in [5.41, 5.74) is 3.12. The number of hydrogen-bond acceptors (Lipinski definition) is 10. The number of halogens is 2. The van der Waals surface area contributed by atoms with E-state index in [1.165, 1.54) is 24.3 Å². The van der Waals surface area contributed by atoms with Crippen molar-refractivity contribution >= 4 is 47.1 Å². The van der Waals surface area contributed by atoms with Crippen molar-refractivity contribution in [3.05, 3.63) is 127 Å². The minimum atomic E-state index is -0.855.